The molecule has 2 N–H and O–H groups in total. The zero-order valence-electron chi connectivity index (χ0n) is 10.6. The molecular weight excluding hydrogens is 268 g/mol. The van der Waals surface area contributed by atoms with Crippen molar-refractivity contribution >= 4 is 28.8 Å². The lowest BCUT2D eigenvalue weighted by molar-refractivity contribution is -0.131. The standard InChI is InChI=1S/C13H19ClN2OS/c1-3-7-16(13(17)8-10(15)4-2)9-11-5-6-12(14)18-11/h3,5-6,10H,1,4,7-9,15H2,2H3. The Morgan fingerprint density at radius 2 is 2.39 bits per heavy atom. The van der Waals surface area contributed by atoms with Gasteiger partial charge >= 0.3 is 0 Å². The monoisotopic (exact) mass is 286 g/mol. The summed E-state index contributed by atoms with van der Waals surface area (Å²) in [4.78, 5) is 14.9. The van der Waals surface area contributed by atoms with Gasteiger partial charge in [-0.1, -0.05) is 24.6 Å². The summed E-state index contributed by atoms with van der Waals surface area (Å²) in [6.45, 7) is 6.76. The third-order valence-corrected chi connectivity index (χ3v) is 3.85. The topological polar surface area (TPSA) is 46.3 Å². The fourth-order valence-corrected chi connectivity index (χ4v) is 2.64. The van der Waals surface area contributed by atoms with Crippen molar-refractivity contribution < 1.29 is 4.79 Å². The van der Waals surface area contributed by atoms with Crippen LogP contribution in [0, 0.1) is 0 Å². The van der Waals surface area contributed by atoms with Crippen LogP contribution in [0.2, 0.25) is 4.34 Å². The van der Waals surface area contributed by atoms with Gasteiger partial charge in [0.05, 0.1) is 10.9 Å². The van der Waals surface area contributed by atoms with E-state index < -0.39 is 0 Å². The van der Waals surface area contributed by atoms with Gasteiger partial charge in [-0.2, -0.15) is 0 Å². The molecule has 1 amide bonds. The molecule has 1 heterocycles. The first-order chi connectivity index (χ1) is 8.56. The normalized spacial score (nSPS) is 12.2. The molecule has 100 valence electrons. The van der Waals surface area contributed by atoms with E-state index in [4.69, 9.17) is 17.3 Å². The zero-order valence-corrected chi connectivity index (χ0v) is 12.1. The Hall–Kier alpha value is -0.840. The number of amides is 1. The molecule has 3 nitrogen and oxygen atoms in total. The van der Waals surface area contributed by atoms with E-state index in [2.05, 4.69) is 6.58 Å². The van der Waals surface area contributed by atoms with Crippen molar-refractivity contribution in [2.45, 2.75) is 32.4 Å². The van der Waals surface area contributed by atoms with E-state index >= 15 is 0 Å². The number of hydrogen-bond donors (Lipinski definition) is 1. The molecule has 0 radical (unpaired) electrons. The van der Waals surface area contributed by atoms with E-state index in [0.29, 0.717) is 19.5 Å². The van der Waals surface area contributed by atoms with Gasteiger partial charge in [0, 0.05) is 23.9 Å². The first kappa shape index (κ1) is 15.2. The number of carbonyl (C=O) groups excluding carboxylic acids is 1. The van der Waals surface area contributed by atoms with Crippen molar-refractivity contribution in [3.63, 3.8) is 0 Å². The molecule has 1 aromatic heterocycles. The SMILES string of the molecule is C=CCN(Cc1ccc(Cl)s1)C(=O)CC(N)CC. The van der Waals surface area contributed by atoms with Crippen LogP contribution in [0.1, 0.15) is 24.6 Å². The van der Waals surface area contributed by atoms with Crippen molar-refractivity contribution in [1.82, 2.24) is 4.90 Å². The summed E-state index contributed by atoms with van der Waals surface area (Å²) < 4.78 is 0.737. The second kappa shape index (κ2) is 7.56. The third kappa shape index (κ3) is 4.80. The van der Waals surface area contributed by atoms with Gasteiger partial charge in [-0.05, 0) is 18.6 Å². The van der Waals surface area contributed by atoms with Gasteiger partial charge in [0.25, 0.3) is 0 Å². The molecule has 1 atom stereocenters. The molecule has 0 saturated carbocycles. The van der Waals surface area contributed by atoms with Gasteiger partial charge in [0.1, 0.15) is 0 Å². The van der Waals surface area contributed by atoms with Crippen molar-refractivity contribution in [3.8, 4) is 0 Å². The molecule has 0 aliphatic heterocycles. The summed E-state index contributed by atoms with van der Waals surface area (Å²) in [5.74, 6) is 0.0637. The van der Waals surface area contributed by atoms with E-state index in [1.165, 1.54) is 11.3 Å². The molecule has 0 aliphatic carbocycles. The van der Waals surface area contributed by atoms with E-state index in [1.54, 1.807) is 11.0 Å². The Bertz CT molecular complexity index is 405. The van der Waals surface area contributed by atoms with Gasteiger partial charge < -0.3 is 10.6 Å². The van der Waals surface area contributed by atoms with Crippen LogP contribution in [0.25, 0.3) is 0 Å². The molecule has 0 aromatic carbocycles. The van der Waals surface area contributed by atoms with Crippen LogP contribution in [0.4, 0.5) is 0 Å². The molecule has 18 heavy (non-hydrogen) atoms. The average Bonchev–Trinajstić information content (AvgIpc) is 2.74. The minimum atomic E-state index is -0.0725. The summed E-state index contributed by atoms with van der Waals surface area (Å²) in [5.41, 5.74) is 5.81. The number of nitrogens with zero attached hydrogens (tertiary/aromatic N) is 1. The van der Waals surface area contributed by atoms with Gasteiger partial charge in [-0.3, -0.25) is 4.79 Å². The molecular formula is C13H19ClN2OS. The van der Waals surface area contributed by atoms with E-state index in [-0.39, 0.29) is 11.9 Å². The number of rotatable bonds is 7. The second-order valence-electron chi connectivity index (χ2n) is 4.14. The van der Waals surface area contributed by atoms with Gasteiger partial charge in [-0.15, -0.1) is 17.9 Å². The summed E-state index contributed by atoms with van der Waals surface area (Å²) in [5, 5.41) is 0. The lowest BCUT2D eigenvalue weighted by Gasteiger charge is -2.22. The lowest BCUT2D eigenvalue weighted by atomic mass is 10.1. The van der Waals surface area contributed by atoms with Gasteiger partial charge in [0.2, 0.25) is 5.91 Å². The van der Waals surface area contributed by atoms with Crippen LogP contribution in [-0.2, 0) is 11.3 Å². The largest absolute Gasteiger partial charge is 0.334 e. The third-order valence-electron chi connectivity index (χ3n) is 2.64. The second-order valence-corrected chi connectivity index (χ2v) is 5.94. The van der Waals surface area contributed by atoms with E-state index in [9.17, 15) is 4.79 Å². The summed E-state index contributed by atoms with van der Waals surface area (Å²) >= 11 is 7.37. The van der Waals surface area contributed by atoms with Crippen molar-refractivity contribution in [1.29, 1.82) is 0 Å². The number of nitrogens with two attached hydrogens (primary N) is 1. The van der Waals surface area contributed by atoms with Crippen molar-refractivity contribution in [2.24, 2.45) is 5.73 Å². The maximum absolute atomic E-state index is 12.1. The average molecular weight is 287 g/mol. The van der Waals surface area contributed by atoms with E-state index in [1.807, 2.05) is 19.1 Å². The highest BCUT2D eigenvalue weighted by atomic mass is 35.5. The summed E-state index contributed by atoms with van der Waals surface area (Å²) in [6, 6.07) is 3.71. The van der Waals surface area contributed by atoms with Crippen LogP contribution in [0.15, 0.2) is 24.8 Å². The van der Waals surface area contributed by atoms with Crippen LogP contribution >= 0.6 is 22.9 Å². The molecule has 1 aromatic rings. The lowest BCUT2D eigenvalue weighted by Crippen LogP contribution is -2.35. The molecule has 1 rings (SSSR count). The highest BCUT2D eigenvalue weighted by Crippen LogP contribution is 2.23. The Balaban J connectivity index is 2.64. The smallest absolute Gasteiger partial charge is 0.224 e. The van der Waals surface area contributed by atoms with Crippen LogP contribution < -0.4 is 5.73 Å². The molecule has 1 unspecified atom stereocenters. The summed E-state index contributed by atoms with van der Waals surface area (Å²) in [7, 11) is 0. The first-order valence-electron chi connectivity index (χ1n) is 5.95. The number of thiophene rings is 1. The molecule has 0 saturated heterocycles. The van der Waals surface area contributed by atoms with Crippen LogP contribution in [0.3, 0.4) is 0 Å². The van der Waals surface area contributed by atoms with Gasteiger partial charge in [-0.25, -0.2) is 0 Å². The molecule has 0 bridgehead atoms. The Morgan fingerprint density at radius 1 is 1.67 bits per heavy atom. The highest BCUT2D eigenvalue weighted by molar-refractivity contribution is 7.16. The molecule has 0 fully saturated rings. The fraction of sp³-hybridized carbons (Fsp3) is 0.462. The quantitative estimate of drug-likeness (QED) is 0.783. The Labute approximate surface area is 117 Å². The summed E-state index contributed by atoms with van der Waals surface area (Å²) in [6.07, 6.45) is 2.91. The van der Waals surface area contributed by atoms with E-state index in [0.717, 1.165) is 15.6 Å². The fourth-order valence-electron chi connectivity index (χ4n) is 1.53. The minimum Gasteiger partial charge on any atom is -0.334 e. The Kier molecular flexibility index (Phi) is 6.39. The number of hydrogen-bond acceptors (Lipinski definition) is 3. The predicted molar refractivity (Wildman–Crippen MR) is 77.8 cm³/mol. The molecule has 0 spiro atoms. The van der Waals surface area contributed by atoms with Crippen LogP contribution in [-0.4, -0.2) is 23.4 Å². The van der Waals surface area contributed by atoms with Gasteiger partial charge in [0.15, 0.2) is 0 Å². The minimum absolute atomic E-state index is 0.0637. The van der Waals surface area contributed by atoms with Crippen LogP contribution in [0.5, 0.6) is 0 Å². The van der Waals surface area contributed by atoms with Crippen molar-refractivity contribution in [3.05, 3.63) is 34.0 Å². The molecule has 0 aliphatic rings. The molecule has 5 heteroatoms. The maximum atomic E-state index is 12.1. The predicted octanol–water partition coefficient (Wildman–Crippen LogP) is 3.04. The number of halogens is 1. The van der Waals surface area contributed by atoms with Crippen molar-refractivity contribution in [2.75, 3.05) is 6.54 Å². The maximum Gasteiger partial charge on any atom is 0.224 e. The highest BCUT2D eigenvalue weighted by Gasteiger charge is 2.16. The zero-order chi connectivity index (χ0) is 13.5. The number of carbonyl (C=O) groups is 1. The Morgan fingerprint density at radius 3 is 2.89 bits per heavy atom. The first-order valence-corrected chi connectivity index (χ1v) is 7.14.